The molecule has 0 spiro atoms. The van der Waals surface area contributed by atoms with Gasteiger partial charge in [0.1, 0.15) is 5.78 Å². The monoisotopic (exact) mass is 309 g/mol. The number of Topliss-reactive ketones (excluding diaryl/α,β-unsaturated/α-hetero) is 1. The Morgan fingerprint density at radius 1 is 1.20 bits per heavy atom. The van der Waals surface area contributed by atoms with Gasteiger partial charge in [-0.15, -0.1) is 0 Å². The SMILES string of the molecule is CC(=O)C[C@@H](CS)C(=O)Nc1ccc([Si](C)(C)C)cc1. The number of rotatable bonds is 6. The maximum atomic E-state index is 12.1. The lowest BCUT2D eigenvalue weighted by Gasteiger charge is -2.17. The molecule has 1 atom stereocenters. The molecule has 5 heteroatoms. The van der Waals surface area contributed by atoms with Crippen molar-refractivity contribution in [1.29, 1.82) is 0 Å². The van der Waals surface area contributed by atoms with Crippen LogP contribution < -0.4 is 10.5 Å². The molecule has 0 aliphatic carbocycles. The molecule has 0 aliphatic rings. The molecule has 0 bridgehead atoms. The van der Waals surface area contributed by atoms with Crippen LogP contribution in [0.5, 0.6) is 0 Å². The van der Waals surface area contributed by atoms with E-state index in [1.807, 2.05) is 12.1 Å². The first-order chi connectivity index (χ1) is 9.24. The fourth-order valence-corrected chi connectivity index (χ4v) is 3.35. The highest BCUT2D eigenvalue weighted by Crippen LogP contribution is 2.13. The highest BCUT2D eigenvalue weighted by atomic mass is 32.1. The van der Waals surface area contributed by atoms with Crippen molar-refractivity contribution in [1.82, 2.24) is 0 Å². The smallest absolute Gasteiger partial charge is 0.228 e. The van der Waals surface area contributed by atoms with Crippen LogP contribution in [0.25, 0.3) is 0 Å². The zero-order valence-corrected chi connectivity index (χ0v) is 14.5. The fourth-order valence-electron chi connectivity index (χ4n) is 1.89. The summed E-state index contributed by atoms with van der Waals surface area (Å²) in [6.07, 6.45) is 0.238. The summed E-state index contributed by atoms with van der Waals surface area (Å²) in [7, 11) is -1.32. The van der Waals surface area contributed by atoms with Crippen LogP contribution in [0.4, 0.5) is 5.69 Å². The third-order valence-corrected chi connectivity index (χ3v) is 5.65. The average molecular weight is 310 g/mol. The van der Waals surface area contributed by atoms with Gasteiger partial charge < -0.3 is 10.1 Å². The van der Waals surface area contributed by atoms with Crippen molar-refractivity contribution in [3.63, 3.8) is 0 Å². The Labute approximate surface area is 127 Å². The number of ketones is 1. The van der Waals surface area contributed by atoms with Crippen molar-refractivity contribution in [3.8, 4) is 0 Å². The van der Waals surface area contributed by atoms with Gasteiger partial charge in [0.2, 0.25) is 5.91 Å². The second-order valence-electron chi connectivity index (χ2n) is 6.10. The normalized spacial score (nSPS) is 12.8. The Bertz CT molecular complexity index is 480. The van der Waals surface area contributed by atoms with E-state index in [0.717, 1.165) is 5.69 Å². The summed E-state index contributed by atoms with van der Waals surface area (Å²) in [5.41, 5.74) is 0.771. The van der Waals surface area contributed by atoms with E-state index in [4.69, 9.17) is 0 Å². The largest absolute Gasteiger partial charge is 0.326 e. The Morgan fingerprint density at radius 2 is 1.75 bits per heavy atom. The summed E-state index contributed by atoms with van der Waals surface area (Å²) in [6, 6.07) is 7.99. The molecule has 1 aromatic carbocycles. The van der Waals surface area contributed by atoms with Crippen molar-refractivity contribution in [3.05, 3.63) is 24.3 Å². The van der Waals surface area contributed by atoms with E-state index in [0.29, 0.717) is 5.75 Å². The Morgan fingerprint density at radius 3 is 2.15 bits per heavy atom. The molecule has 110 valence electrons. The fraction of sp³-hybridized carbons (Fsp3) is 0.467. The van der Waals surface area contributed by atoms with Gasteiger partial charge in [-0.05, 0) is 19.1 Å². The van der Waals surface area contributed by atoms with Crippen molar-refractivity contribution < 1.29 is 9.59 Å². The van der Waals surface area contributed by atoms with Gasteiger partial charge in [0, 0.05) is 17.9 Å². The quantitative estimate of drug-likeness (QED) is 0.627. The molecule has 0 heterocycles. The van der Waals surface area contributed by atoms with E-state index in [9.17, 15) is 9.59 Å². The molecule has 3 nitrogen and oxygen atoms in total. The van der Waals surface area contributed by atoms with Gasteiger partial charge in [0.15, 0.2) is 0 Å². The predicted molar refractivity (Wildman–Crippen MR) is 90.7 cm³/mol. The highest BCUT2D eigenvalue weighted by Gasteiger charge is 2.19. The molecule has 20 heavy (non-hydrogen) atoms. The second-order valence-corrected chi connectivity index (χ2v) is 11.5. The third-order valence-electron chi connectivity index (χ3n) is 3.14. The topological polar surface area (TPSA) is 46.2 Å². The zero-order valence-electron chi connectivity index (χ0n) is 12.6. The zero-order chi connectivity index (χ0) is 15.3. The van der Waals surface area contributed by atoms with Crippen LogP contribution in [0, 0.1) is 5.92 Å². The molecule has 1 amide bonds. The maximum absolute atomic E-state index is 12.1. The molecular formula is C15H23NO2SSi. The summed E-state index contributed by atoms with van der Waals surface area (Å²) in [6.45, 7) is 8.34. The number of hydrogen-bond donors (Lipinski definition) is 2. The number of carbonyl (C=O) groups excluding carboxylic acids is 2. The van der Waals surface area contributed by atoms with Crippen LogP contribution in [0.1, 0.15) is 13.3 Å². The Hall–Kier alpha value is -1.07. The lowest BCUT2D eigenvalue weighted by Crippen LogP contribution is -2.37. The number of carbonyl (C=O) groups is 2. The van der Waals surface area contributed by atoms with Crippen LogP contribution in [0.2, 0.25) is 19.6 Å². The van der Waals surface area contributed by atoms with Gasteiger partial charge in [-0.2, -0.15) is 12.6 Å². The lowest BCUT2D eigenvalue weighted by molar-refractivity contribution is -0.124. The molecule has 1 aromatic rings. The molecule has 1 rings (SSSR count). The van der Waals surface area contributed by atoms with Crippen LogP contribution in [0.3, 0.4) is 0 Å². The van der Waals surface area contributed by atoms with E-state index in [2.05, 4.69) is 49.7 Å². The molecule has 1 N–H and O–H groups in total. The minimum absolute atomic E-state index is 0.00767. The van der Waals surface area contributed by atoms with E-state index in [-0.39, 0.29) is 24.0 Å². The van der Waals surface area contributed by atoms with Gasteiger partial charge >= 0.3 is 0 Å². The van der Waals surface area contributed by atoms with Crippen molar-refractivity contribution in [2.75, 3.05) is 11.1 Å². The molecule has 0 aromatic heterocycles. The predicted octanol–water partition coefficient (Wildman–Crippen LogP) is 2.70. The second kappa shape index (κ2) is 7.08. The van der Waals surface area contributed by atoms with E-state index in [1.165, 1.54) is 12.1 Å². The average Bonchev–Trinajstić information content (AvgIpc) is 2.35. The molecule has 0 fully saturated rings. The van der Waals surface area contributed by atoms with Gasteiger partial charge in [-0.1, -0.05) is 37.0 Å². The Balaban J connectivity index is 2.73. The molecule has 0 unspecified atom stereocenters. The summed E-state index contributed by atoms with van der Waals surface area (Å²) in [4.78, 5) is 23.2. The van der Waals surface area contributed by atoms with Gasteiger partial charge in [0.05, 0.1) is 14.0 Å². The highest BCUT2D eigenvalue weighted by molar-refractivity contribution is 7.80. The van der Waals surface area contributed by atoms with Crippen molar-refractivity contribution >= 4 is 43.3 Å². The van der Waals surface area contributed by atoms with Gasteiger partial charge in [-0.25, -0.2) is 0 Å². The summed E-state index contributed by atoms with van der Waals surface area (Å²) in [5, 5.41) is 4.20. The molecule has 0 saturated heterocycles. The summed E-state index contributed by atoms with van der Waals surface area (Å²) in [5.74, 6) is -0.130. The number of hydrogen-bond acceptors (Lipinski definition) is 3. The summed E-state index contributed by atoms with van der Waals surface area (Å²) >= 11 is 4.14. The van der Waals surface area contributed by atoms with E-state index in [1.54, 1.807) is 0 Å². The van der Waals surface area contributed by atoms with Gasteiger partial charge in [-0.3, -0.25) is 4.79 Å². The van der Waals surface area contributed by atoms with Crippen LogP contribution >= 0.6 is 12.6 Å². The third kappa shape index (κ3) is 5.13. The van der Waals surface area contributed by atoms with Crippen molar-refractivity contribution in [2.45, 2.75) is 33.0 Å². The maximum Gasteiger partial charge on any atom is 0.228 e. The molecule has 0 aliphatic heterocycles. The number of anilines is 1. The first-order valence-electron chi connectivity index (χ1n) is 6.75. The number of thiol groups is 1. The minimum atomic E-state index is -1.32. The van der Waals surface area contributed by atoms with Gasteiger partial charge in [0.25, 0.3) is 0 Å². The molecular weight excluding hydrogens is 286 g/mol. The first kappa shape index (κ1) is 17.0. The summed E-state index contributed by atoms with van der Waals surface area (Å²) < 4.78 is 0. The Kier molecular flexibility index (Phi) is 6.01. The van der Waals surface area contributed by atoms with Crippen molar-refractivity contribution in [2.24, 2.45) is 5.92 Å². The minimum Gasteiger partial charge on any atom is -0.326 e. The number of amides is 1. The standard InChI is InChI=1S/C15H23NO2SSi/c1-11(17)9-12(10-19)15(18)16-13-5-7-14(8-6-13)20(2,3)4/h5-8,12,19H,9-10H2,1-4H3,(H,16,18)/t12-/m0/s1. The van der Waals surface area contributed by atoms with Crippen LogP contribution in [0.15, 0.2) is 24.3 Å². The number of nitrogens with one attached hydrogen (secondary N) is 1. The molecule has 0 saturated carbocycles. The molecule has 0 radical (unpaired) electrons. The van der Waals surface area contributed by atoms with Crippen LogP contribution in [-0.4, -0.2) is 25.5 Å². The van der Waals surface area contributed by atoms with E-state index >= 15 is 0 Å². The van der Waals surface area contributed by atoms with E-state index < -0.39 is 8.07 Å². The number of benzene rings is 1. The van der Waals surface area contributed by atoms with Crippen LogP contribution in [-0.2, 0) is 9.59 Å². The lowest BCUT2D eigenvalue weighted by atomic mass is 10.0. The first-order valence-corrected chi connectivity index (χ1v) is 10.9.